The molecule has 2 saturated heterocycles. The predicted octanol–water partition coefficient (Wildman–Crippen LogP) is -0.281. The molecule has 2 fully saturated rings. The minimum absolute atomic E-state index is 0.147. The maximum atomic E-state index is 12.1. The molecule has 6 heteroatoms. The van der Waals surface area contributed by atoms with Crippen LogP contribution in [0.3, 0.4) is 0 Å². The third-order valence-corrected chi connectivity index (χ3v) is 3.04. The highest BCUT2D eigenvalue weighted by molar-refractivity contribution is 5.74. The second-order valence-electron chi connectivity index (χ2n) is 4.17. The summed E-state index contributed by atoms with van der Waals surface area (Å²) in [5.74, 6) is 0.147. The van der Waals surface area contributed by atoms with Gasteiger partial charge in [-0.25, -0.2) is 5.12 Å². The van der Waals surface area contributed by atoms with E-state index in [0.717, 1.165) is 26.2 Å². The summed E-state index contributed by atoms with van der Waals surface area (Å²) in [5.41, 5.74) is 0. The SMILES string of the molecule is CCC(=O)N(N1CCOCC1)N1CCOCC1. The first kappa shape index (κ1) is 12.8. The van der Waals surface area contributed by atoms with Crippen molar-refractivity contribution in [2.75, 3.05) is 52.6 Å². The van der Waals surface area contributed by atoms with Crippen LogP contribution in [0.4, 0.5) is 0 Å². The van der Waals surface area contributed by atoms with Crippen molar-refractivity contribution in [2.24, 2.45) is 0 Å². The number of nitrogens with zero attached hydrogens (tertiary/aromatic N) is 3. The molecule has 2 rings (SSSR count). The minimum atomic E-state index is 0.147. The molecule has 6 nitrogen and oxygen atoms in total. The topological polar surface area (TPSA) is 45.2 Å². The van der Waals surface area contributed by atoms with Crippen LogP contribution >= 0.6 is 0 Å². The normalized spacial score (nSPS) is 23.6. The van der Waals surface area contributed by atoms with Gasteiger partial charge < -0.3 is 9.47 Å². The summed E-state index contributed by atoms with van der Waals surface area (Å²) in [5, 5.41) is 5.98. The summed E-state index contributed by atoms with van der Waals surface area (Å²) in [6, 6.07) is 0. The third-order valence-electron chi connectivity index (χ3n) is 3.04. The average Bonchev–Trinajstić information content (AvgIpc) is 2.41. The molecule has 0 bridgehead atoms. The summed E-state index contributed by atoms with van der Waals surface area (Å²) in [6.07, 6.45) is 0.523. The molecule has 17 heavy (non-hydrogen) atoms. The number of hydrogen-bond donors (Lipinski definition) is 0. The molecule has 1 amide bonds. The maximum absolute atomic E-state index is 12.1. The summed E-state index contributed by atoms with van der Waals surface area (Å²) in [7, 11) is 0. The Labute approximate surface area is 102 Å². The van der Waals surface area contributed by atoms with Gasteiger partial charge in [0.2, 0.25) is 0 Å². The van der Waals surface area contributed by atoms with Crippen molar-refractivity contribution >= 4 is 5.91 Å². The van der Waals surface area contributed by atoms with Gasteiger partial charge in [0, 0.05) is 32.6 Å². The number of carbonyl (C=O) groups excluding carboxylic acids is 1. The van der Waals surface area contributed by atoms with Crippen molar-refractivity contribution < 1.29 is 14.3 Å². The number of ether oxygens (including phenoxy) is 2. The van der Waals surface area contributed by atoms with Crippen molar-refractivity contribution in [1.82, 2.24) is 15.1 Å². The molecule has 0 atom stereocenters. The lowest BCUT2D eigenvalue weighted by Crippen LogP contribution is -2.61. The van der Waals surface area contributed by atoms with E-state index in [0.29, 0.717) is 32.8 Å². The summed E-state index contributed by atoms with van der Waals surface area (Å²) >= 11 is 0. The lowest BCUT2D eigenvalue weighted by Gasteiger charge is -2.44. The Kier molecular flexibility index (Phi) is 4.73. The van der Waals surface area contributed by atoms with E-state index in [1.165, 1.54) is 0 Å². The first-order chi connectivity index (χ1) is 8.33. The molecule has 0 N–H and O–H groups in total. The van der Waals surface area contributed by atoms with Gasteiger partial charge in [-0.05, 0) is 0 Å². The van der Waals surface area contributed by atoms with Crippen LogP contribution in [-0.4, -0.2) is 73.6 Å². The van der Waals surface area contributed by atoms with Gasteiger partial charge in [-0.3, -0.25) is 4.79 Å². The van der Waals surface area contributed by atoms with E-state index in [2.05, 4.69) is 10.0 Å². The van der Waals surface area contributed by atoms with Crippen molar-refractivity contribution in [3.8, 4) is 0 Å². The van der Waals surface area contributed by atoms with E-state index in [1.54, 1.807) is 0 Å². The first-order valence-electron chi connectivity index (χ1n) is 6.31. The highest BCUT2D eigenvalue weighted by Gasteiger charge is 2.29. The largest absolute Gasteiger partial charge is 0.379 e. The van der Waals surface area contributed by atoms with Crippen molar-refractivity contribution in [2.45, 2.75) is 13.3 Å². The molecule has 2 aliphatic rings. The summed E-state index contributed by atoms with van der Waals surface area (Å²) < 4.78 is 10.7. The van der Waals surface area contributed by atoms with Crippen LogP contribution < -0.4 is 0 Å². The molecule has 2 aliphatic heterocycles. The van der Waals surface area contributed by atoms with Crippen LogP contribution in [-0.2, 0) is 14.3 Å². The fourth-order valence-electron chi connectivity index (χ4n) is 2.12. The second-order valence-corrected chi connectivity index (χ2v) is 4.17. The van der Waals surface area contributed by atoms with Gasteiger partial charge in [-0.2, -0.15) is 10.0 Å². The molecule has 0 aromatic rings. The monoisotopic (exact) mass is 243 g/mol. The third kappa shape index (κ3) is 3.16. The van der Waals surface area contributed by atoms with E-state index < -0.39 is 0 Å². The van der Waals surface area contributed by atoms with Crippen LogP contribution in [0.1, 0.15) is 13.3 Å². The molecule has 0 aromatic carbocycles. The molecule has 98 valence electrons. The second kappa shape index (κ2) is 6.30. The van der Waals surface area contributed by atoms with Gasteiger partial charge in [0.1, 0.15) is 0 Å². The Morgan fingerprint density at radius 2 is 1.41 bits per heavy atom. The minimum Gasteiger partial charge on any atom is -0.379 e. The smallest absolute Gasteiger partial charge is 0.251 e. The maximum Gasteiger partial charge on any atom is 0.251 e. The van der Waals surface area contributed by atoms with Crippen LogP contribution in [0.5, 0.6) is 0 Å². The predicted molar refractivity (Wildman–Crippen MR) is 61.9 cm³/mol. The molecule has 0 aromatic heterocycles. The first-order valence-corrected chi connectivity index (χ1v) is 6.31. The van der Waals surface area contributed by atoms with Gasteiger partial charge in [0.15, 0.2) is 0 Å². The summed E-state index contributed by atoms with van der Waals surface area (Å²) in [6.45, 7) is 7.79. The molecular formula is C11H21N3O3. The molecule has 0 saturated carbocycles. The number of rotatable bonds is 3. The molecule has 0 unspecified atom stereocenters. The average molecular weight is 243 g/mol. The van der Waals surface area contributed by atoms with Crippen LogP contribution in [0.2, 0.25) is 0 Å². The molecule has 2 heterocycles. The molecule has 0 aliphatic carbocycles. The number of hydrazine groups is 2. The zero-order valence-electron chi connectivity index (χ0n) is 10.4. The van der Waals surface area contributed by atoms with Crippen LogP contribution in [0, 0.1) is 0 Å². The standard InChI is InChI=1S/C11H21N3O3/c1-2-11(15)14(12-3-7-16-8-4-12)13-5-9-17-10-6-13/h2-10H2,1H3. The van der Waals surface area contributed by atoms with Gasteiger partial charge in [-0.15, -0.1) is 0 Å². The van der Waals surface area contributed by atoms with Gasteiger partial charge in [0.25, 0.3) is 5.91 Å². The molecule has 0 radical (unpaired) electrons. The van der Waals surface area contributed by atoms with E-state index in [4.69, 9.17) is 9.47 Å². The fraction of sp³-hybridized carbons (Fsp3) is 0.909. The van der Waals surface area contributed by atoms with Crippen LogP contribution in [0.25, 0.3) is 0 Å². The number of hydrogen-bond acceptors (Lipinski definition) is 5. The highest BCUT2D eigenvalue weighted by atomic mass is 16.5. The van der Waals surface area contributed by atoms with Crippen molar-refractivity contribution in [1.29, 1.82) is 0 Å². The van der Waals surface area contributed by atoms with E-state index in [1.807, 2.05) is 12.0 Å². The quantitative estimate of drug-likeness (QED) is 0.682. The Hall–Kier alpha value is -0.690. The summed E-state index contributed by atoms with van der Waals surface area (Å²) in [4.78, 5) is 12.1. The van der Waals surface area contributed by atoms with Gasteiger partial charge in [0.05, 0.1) is 26.4 Å². The molecular weight excluding hydrogens is 222 g/mol. The van der Waals surface area contributed by atoms with E-state index in [-0.39, 0.29) is 5.91 Å². The van der Waals surface area contributed by atoms with Crippen molar-refractivity contribution in [3.05, 3.63) is 0 Å². The Balaban J connectivity index is 2.02. The lowest BCUT2D eigenvalue weighted by molar-refractivity contribution is -0.224. The van der Waals surface area contributed by atoms with Crippen molar-refractivity contribution in [3.63, 3.8) is 0 Å². The Bertz CT molecular complexity index is 232. The van der Waals surface area contributed by atoms with E-state index >= 15 is 0 Å². The Morgan fingerprint density at radius 1 is 1.00 bits per heavy atom. The Morgan fingerprint density at radius 3 is 1.76 bits per heavy atom. The molecule has 0 spiro atoms. The van der Waals surface area contributed by atoms with E-state index in [9.17, 15) is 4.79 Å². The van der Waals surface area contributed by atoms with Gasteiger partial charge >= 0.3 is 0 Å². The fourth-order valence-corrected chi connectivity index (χ4v) is 2.12. The number of morpholine rings is 2. The number of carbonyl (C=O) groups is 1. The highest BCUT2D eigenvalue weighted by Crippen LogP contribution is 2.11. The van der Waals surface area contributed by atoms with Crippen LogP contribution in [0.15, 0.2) is 0 Å². The lowest BCUT2D eigenvalue weighted by atomic mass is 10.4. The van der Waals surface area contributed by atoms with Gasteiger partial charge in [-0.1, -0.05) is 6.92 Å². The zero-order valence-corrected chi connectivity index (χ0v) is 10.4. The number of amides is 1. The zero-order chi connectivity index (χ0) is 12.1.